The van der Waals surface area contributed by atoms with Crippen molar-refractivity contribution in [3.8, 4) is 0 Å². The third kappa shape index (κ3) is 2.95. The van der Waals surface area contributed by atoms with Crippen LogP contribution in [-0.4, -0.2) is 23.3 Å². The van der Waals surface area contributed by atoms with Gasteiger partial charge in [-0.05, 0) is 23.8 Å². The molecule has 1 N–H and O–H groups in total. The molecule has 0 bridgehead atoms. The lowest BCUT2D eigenvalue weighted by Gasteiger charge is -2.30. The summed E-state index contributed by atoms with van der Waals surface area (Å²) >= 11 is 0. The van der Waals surface area contributed by atoms with Gasteiger partial charge in [0.15, 0.2) is 0 Å². The van der Waals surface area contributed by atoms with E-state index in [0.29, 0.717) is 11.3 Å². The van der Waals surface area contributed by atoms with E-state index in [1.165, 1.54) is 17.0 Å². The number of hydrogen-bond acceptors (Lipinski definition) is 2. The molecule has 0 aromatic heterocycles. The Morgan fingerprint density at radius 3 is 2.70 bits per heavy atom. The summed E-state index contributed by atoms with van der Waals surface area (Å²) < 4.78 is 13.8. The van der Waals surface area contributed by atoms with Gasteiger partial charge in [-0.15, -0.1) is 0 Å². The maximum absolute atomic E-state index is 13.8. The van der Waals surface area contributed by atoms with Crippen molar-refractivity contribution in [2.45, 2.75) is 19.4 Å². The standard InChI is InChI=1S/C18H17FN2O2/c1-2-17(23)21-11-16(22)20-15-9-8-13(19)10-14(15)18(21)12-6-4-3-5-7-12/h3-10,18H,2,11H2,1H3,(H,20,22)/t18-/m0/s1. The van der Waals surface area contributed by atoms with Crippen LogP contribution in [0.3, 0.4) is 0 Å². The Labute approximate surface area is 133 Å². The zero-order valence-corrected chi connectivity index (χ0v) is 12.8. The number of halogens is 1. The minimum Gasteiger partial charge on any atom is -0.324 e. The second-order valence-corrected chi connectivity index (χ2v) is 5.47. The number of nitrogens with zero attached hydrogens (tertiary/aromatic N) is 1. The number of carbonyl (C=O) groups excluding carboxylic acids is 2. The molecule has 1 heterocycles. The van der Waals surface area contributed by atoms with Crippen molar-refractivity contribution in [3.63, 3.8) is 0 Å². The van der Waals surface area contributed by atoms with Crippen molar-refractivity contribution in [3.05, 3.63) is 65.5 Å². The largest absolute Gasteiger partial charge is 0.324 e. The topological polar surface area (TPSA) is 49.4 Å². The van der Waals surface area contributed by atoms with Gasteiger partial charge in [-0.1, -0.05) is 37.3 Å². The van der Waals surface area contributed by atoms with E-state index < -0.39 is 11.9 Å². The third-order valence-corrected chi connectivity index (χ3v) is 3.95. The number of rotatable bonds is 2. The Morgan fingerprint density at radius 1 is 1.26 bits per heavy atom. The first-order valence-corrected chi connectivity index (χ1v) is 7.54. The van der Waals surface area contributed by atoms with Gasteiger partial charge in [0, 0.05) is 17.7 Å². The molecular weight excluding hydrogens is 295 g/mol. The predicted octanol–water partition coefficient (Wildman–Crippen LogP) is 3.11. The molecule has 5 heteroatoms. The number of anilines is 1. The lowest BCUT2D eigenvalue weighted by molar-refractivity contribution is -0.135. The number of amides is 2. The quantitative estimate of drug-likeness (QED) is 0.926. The van der Waals surface area contributed by atoms with E-state index in [1.807, 2.05) is 30.3 Å². The highest BCUT2D eigenvalue weighted by Gasteiger charge is 2.32. The predicted molar refractivity (Wildman–Crippen MR) is 85.3 cm³/mol. The normalized spacial score (nSPS) is 17.2. The number of fused-ring (bicyclic) bond motifs is 1. The minimum atomic E-state index is -0.492. The molecular formula is C18H17FN2O2. The second kappa shape index (κ2) is 6.20. The molecule has 1 aliphatic heterocycles. The lowest BCUT2D eigenvalue weighted by Crippen LogP contribution is -2.38. The fourth-order valence-corrected chi connectivity index (χ4v) is 2.91. The van der Waals surface area contributed by atoms with Crippen LogP contribution in [0.4, 0.5) is 10.1 Å². The van der Waals surface area contributed by atoms with Crippen LogP contribution in [0.1, 0.15) is 30.5 Å². The Morgan fingerprint density at radius 2 is 2.00 bits per heavy atom. The molecule has 4 nitrogen and oxygen atoms in total. The molecule has 1 aliphatic rings. The zero-order valence-electron chi connectivity index (χ0n) is 12.8. The molecule has 0 fully saturated rings. The van der Waals surface area contributed by atoms with Gasteiger partial charge in [-0.25, -0.2) is 4.39 Å². The van der Waals surface area contributed by atoms with Crippen LogP contribution in [0, 0.1) is 5.82 Å². The maximum Gasteiger partial charge on any atom is 0.244 e. The summed E-state index contributed by atoms with van der Waals surface area (Å²) in [4.78, 5) is 26.0. The average molecular weight is 312 g/mol. The molecule has 2 aromatic rings. The van der Waals surface area contributed by atoms with Gasteiger partial charge in [-0.2, -0.15) is 0 Å². The van der Waals surface area contributed by atoms with Crippen LogP contribution in [0.2, 0.25) is 0 Å². The molecule has 0 aliphatic carbocycles. The molecule has 2 aromatic carbocycles. The Balaban J connectivity index is 2.21. The summed E-state index contributed by atoms with van der Waals surface area (Å²) in [6, 6.07) is 13.1. The molecule has 0 saturated heterocycles. The molecule has 2 amide bonds. The summed E-state index contributed by atoms with van der Waals surface area (Å²) in [5.74, 6) is -0.825. The van der Waals surface area contributed by atoms with Crippen molar-refractivity contribution < 1.29 is 14.0 Å². The maximum atomic E-state index is 13.8. The van der Waals surface area contributed by atoms with Crippen molar-refractivity contribution in [1.29, 1.82) is 0 Å². The Bertz CT molecular complexity index is 746. The van der Waals surface area contributed by atoms with E-state index >= 15 is 0 Å². The molecule has 23 heavy (non-hydrogen) atoms. The number of hydrogen-bond donors (Lipinski definition) is 1. The Kier molecular flexibility index (Phi) is 4.10. The van der Waals surface area contributed by atoms with Crippen LogP contribution in [-0.2, 0) is 9.59 Å². The number of nitrogens with one attached hydrogen (secondary N) is 1. The molecule has 1 atom stereocenters. The van der Waals surface area contributed by atoms with Crippen LogP contribution in [0.15, 0.2) is 48.5 Å². The van der Waals surface area contributed by atoms with Gasteiger partial charge >= 0.3 is 0 Å². The fraction of sp³-hybridized carbons (Fsp3) is 0.222. The van der Waals surface area contributed by atoms with Gasteiger partial charge in [-0.3, -0.25) is 9.59 Å². The highest BCUT2D eigenvalue weighted by Crippen LogP contribution is 2.36. The van der Waals surface area contributed by atoms with Gasteiger partial charge < -0.3 is 10.2 Å². The first-order valence-electron chi connectivity index (χ1n) is 7.54. The minimum absolute atomic E-state index is 0.0530. The zero-order chi connectivity index (χ0) is 16.4. The molecule has 118 valence electrons. The summed E-state index contributed by atoms with van der Waals surface area (Å²) in [5.41, 5.74) is 1.97. The van der Waals surface area contributed by atoms with Crippen LogP contribution >= 0.6 is 0 Å². The number of benzene rings is 2. The monoisotopic (exact) mass is 312 g/mol. The van der Waals surface area contributed by atoms with Gasteiger partial charge in [0.25, 0.3) is 0 Å². The highest BCUT2D eigenvalue weighted by molar-refractivity contribution is 5.97. The van der Waals surface area contributed by atoms with Gasteiger partial charge in [0.05, 0.1) is 6.04 Å². The van der Waals surface area contributed by atoms with Crippen LogP contribution in [0.5, 0.6) is 0 Å². The smallest absolute Gasteiger partial charge is 0.244 e. The lowest BCUT2D eigenvalue weighted by atomic mass is 9.95. The van der Waals surface area contributed by atoms with Crippen molar-refractivity contribution in [2.24, 2.45) is 0 Å². The summed E-state index contributed by atoms with van der Waals surface area (Å²) in [6.07, 6.45) is 0.279. The summed E-state index contributed by atoms with van der Waals surface area (Å²) in [5, 5.41) is 2.76. The van der Waals surface area contributed by atoms with Crippen molar-refractivity contribution in [2.75, 3.05) is 11.9 Å². The molecule has 0 unspecified atom stereocenters. The molecule has 0 saturated carbocycles. The third-order valence-electron chi connectivity index (χ3n) is 3.95. The second-order valence-electron chi connectivity index (χ2n) is 5.47. The fourth-order valence-electron chi connectivity index (χ4n) is 2.91. The first kappa shape index (κ1) is 15.2. The van der Waals surface area contributed by atoms with Gasteiger partial charge in [0.1, 0.15) is 12.4 Å². The van der Waals surface area contributed by atoms with E-state index in [0.717, 1.165) is 5.56 Å². The van der Waals surface area contributed by atoms with E-state index in [9.17, 15) is 14.0 Å². The van der Waals surface area contributed by atoms with E-state index in [1.54, 1.807) is 13.0 Å². The Hall–Kier alpha value is -2.69. The number of carbonyl (C=O) groups is 2. The first-order chi connectivity index (χ1) is 11.1. The van der Waals surface area contributed by atoms with Crippen LogP contribution in [0.25, 0.3) is 0 Å². The SMILES string of the molecule is CCC(=O)N1CC(=O)Nc2ccc(F)cc2[C@@H]1c1ccccc1. The van der Waals surface area contributed by atoms with Gasteiger partial charge in [0.2, 0.25) is 11.8 Å². The molecule has 3 rings (SSSR count). The van der Waals surface area contributed by atoms with E-state index in [2.05, 4.69) is 5.32 Å². The van der Waals surface area contributed by atoms with E-state index in [-0.39, 0.29) is 24.8 Å². The molecule has 0 radical (unpaired) electrons. The summed E-state index contributed by atoms with van der Waals surface area (Å²) in [6.45, 7) is 1.70. The molecule has 0 spiro atoms. The van der Waals surface area contributed by atoms with Crippen LogP contribution < -0.4 is 5.32 Å². The van der Waals surface area contributed by atoms with Crippen molar-refractivity contribution >= 4 is 17.5 Å². The van der Waals surface area contributed by atoms with E-state index in [4.69, 9.17) is 0 Å². The summed E-state index contributed by atoms with van der Waals surface area (Å²) in [7, 11) is 0. The average Bonchev–Trinajstić information content (AvgIpc) is 2.70. The van der Waals surface area contributed by atoms with Crippen molar-refractivity contribution in [1.82, 2.24) is 4.90 Å². The highest BCUT2D eigenvalue weighted by atomic mass is 19.1.